The first-order valence-electron chi connectivity index (χ1n) is 5.51. The first-order chi connectivity index (χ1) is 7.34. The summed E-state index contributed by atoms with van der Waals surface area (Å²) in [6.45, 7) is 3.78. The number of rotatable bonds is 4. The van der Waals surface area contributed by atoms with Crippen molar-refractivity contribution in [2.45, 2.75) is 38.6 Å². The van der Waals surface area contributed by atoms with Crippen molar-refractivity contribution < 1.29 is 4.74 Å². The Balaban J connectivity index is 1.65. The van der Waals surface area contributed by atoms with Crippen molar-refractivity contribution in [3.05, 3.63) is 5.82 Å². The third kappa shape index (κ3) is 3.43. The van der Waals surface area contributed by atoms with Gasteiger partial charge in [0.2, 0.25) is 0 Å². The van der Waals surface area contributed by atoms with Crippen LogP contribution in [0.3, 0.4) is 0 Å². The number of aromatic nitrogens is 2. The molecule has 84 valence electrons. The van der Waals surface area contributed by atoms with E-state index in [1.807, 2.05) is 6.92 Å². The lowest BCUT2D eigenvalue weighted by Gasteiger charge is -2.22. The van der Waals surface area contributed by atoms with Crippen LogP contribution in [0.2, 0.25) is 0 Å². The van der Waals surface area contributed by atoms with E-state index in [1.54, 1.807) is 0 Å². The van der Waals surface area contributed by atoms with E-state index in [-0.39, 0.29) is 0 Å². The molecule has 1 atom stereocenters. The maximum atomic E-state index is 5.53. The second-order valence-corrected chi connectivity index (χ2v) is 4.61. The Morgan fingerprint density at radius 2 is 2.47 bits per heavy atom. The van der Waals surface area contributed by atoms with Gasteiger partial charge in [-0.15, -0.1) is 0 Å². The number of aryl methyl sites for hydroxylation is 1. The van der Waals surface area contributed by atoms with Gasteiger partial charge in [-0.1, -0.05) is 6.42 Å². The minimum absolute atomic E-state index is 0.632. The summed E-state index contributed by atoms with van der Waals surface area (Å²) in [7, 11) is 0. The topological polar surface area (TPSA) is 47.0 Å². The standard InChI is InChI=1S/C10H17N3OS/c1-8-12-10(15-13-8)14-7-5-9-4-2-3-6-11-9/h9,11H,2-7H2,1H3. The quantitative estimate of drug-likeness (QED) is 0.851. The third-order valence-corrected chi connectivity index (χ3v) is 3.33. The molecule has 0 amide bonds. The molecule has 0 bridgehead atoms. The molecule has 1 fully saturated rings. The monoisotopic (exact) mass is 227 g/mol. The van der Waals surface area contributed by atoms with Gasteiger partial charge in [-0.25, -0.2) is 0 Å². The Bertz CT molecular complexity index is 297. The van der Waals surface area contributed by atoms with Gasteiger partial charge < -0.3 is 10.1 Å². The molecule has 1 unspecified atom stereocenters. The number of hydrogen-bond donors (Lipinski definition) is 1. The molecule has 1 aliphatic rings. The number of nitrogens with zero attached hydrogens (tertiary/aromatic N) is 2. The summed E-state index contributed by atoms with van der Waals surface area (Å²) in [5.74, 6) is 0.797. The highest BCUT2D eigenvalue weighted by atomic mass is 32.1. The van der Waals surface area contributed by atoms with Crippen molar-refractivity contribution in [3.8, 4) is 5.19 Å². The average molecular weight is 227 g/mol. The molecule has 1 aliphatic heterocycles. The summed E-state index contributed by atoms with van der Waals surface area (Å²) in [6.07, 6.45) is 5.00. The zero-order chi connectivity index (χ0) is 10.5. The number of piperidine rings is 1. The second-order valence-electron chi connectivity index (χ2n) is 3.89. The van der Waals surface area contributed by atoms with E-state index in [0.29, 0.717) is 11.2 Å². The van der Waals surface area contributed by atoms with Gasteiger partial charge in [0.15, 0.2) is 0 Å². The highest BCUT2D eigenvalue weighted by Crippen LogP contribution is 2.15. The summed E-state index contributed by atoms with van der Waals surface area (Å²) >= 11 is 1.33. The summed E-state index contributed by atoms with van der Waals surface area (Å²) in [6, 6.07) is 0.632. The van der Waals surface area contributed by atoms with Crippen LogP contribution in [-0.4, -0.2) is 28.6 Å². The average Bonchev–Trinajstić information content (AvgIpc) is 2.66. The number of nitrogens with one attached hydrogen (secondary N) is 1. The van der Waals surface area contributed by atoms with Gasteiger partial charge in [0.25, 0.3) is 5.19 Å². The molecule has 2 rings (SSSR count). The van der Waals surface area contributed by atoms with Gasteiger partial charge in [-0.3, -0.25) is 0 Å². The van der Waals surface area contributed by atoms with Crippen molar-refractivity contribution in [2.24, 2.45) is 0 Å². The molecule has 0 spiro atoms. The highest BCUT2D eigenvalue weighted by Gasteiger charge is 2.12. The fraction of sp³-hybridized carbons (Fsp3) is 0.800. The lowest BCUT2D eigenvalue weighted by molar-refractivity contribution is 0.267. The highest BCUT2D eigenvalue weighted by molar-refractivity contribution is 7.07. The van der Waals surface area contributed by atoms with Crippen molar-refractivity contribution >= 4 is 11.5 Å². The lowest BCUT2D eigenvalue weighted by Crippen LogP contribution is -2.35. The second kappa shape index (κ2) is 5.42. The van der Waals surface area contributed by atoms with Crippen molar-refractivity contribution in [2.75, 3.05) is 13.2 Å². The maximum Gasteiger partial charge on any atom is 0.293 e. The molecule has 1 N–H and O–H groups in total. The Hall–Kier alpha value is -0.680. The zero-order valence-corrected chi connectivity index (χ0v) is 9.85. The van der Waals surface area contributed by atoms with Crippen LogP contribution in [0.4, 0.5) is 0 Å². The fourth-order valence-corrected chi connectivity index (χ4v) is 2.36. The molecule has 0 aromatic carbocycles. The first kappa shape index (κ1) is 10.8. The predicted molar refractivity (Wildman–Crippen MR) is 60.4 cm³/mol. The SMILES string of the molecule is Cc1nsc(OCCC2CCCCN2)n1. The van der Waals surface area contributed by atoms with E-state index in [2.05, 4.69) is 14.7 Å². The summed E-state index contributed by atoms with van der Waals surface area (Å²) in [5, 5.41) is 4.20. The van der Waals surface area contributed by atoms with Crippen LogP contribution >= 0.6 is 11.5 Å². The Morgan fingerprint density at radius 3 is 3.13 bits per heavy atom. The van der Waals surface area contributed by atoms with Gasteiger partial charge >= 0.3 is 0 Å². The first-order valence-corrected chi connectivity index (χ1v) is 6.28. The van der Waals surface area contributed by atoms with Crippen LogP contribution < -0.4 is 10.1 Å². The van der Waals surface area contributed by atoms with Gasteiger partial charge in [0, 0.05) is 17.6 Å². The normalized spacial score (nSPS) is 21.5. The Morgan fingerprint density at radius 1 is 1.53 bits per heavy atom. The fourth-order valence-electron chi connectivity index (χ4n) is 1.80. The van der Waals surface area contributed by atoms with Crippen LogP contribution in [0.25, 0.3) is 0 Å². The van der Waals surface area contributed by atoms with Crippen molar-refractivity contribution in [3.63, 3.8) is 0 Å². The number of ether oxygens (including phenoxy) is 1. The minimum atomic E-state index is 0.632. The molecule has 1 saturated heterocycles. The van der Waals surface area contributed by atoms with Crippen LogP contribution in [0.15, 0.2) is 0 Å². The van der Waals surface area contributed by atoms with Gasteiger partial charge in [0.05, 0.1) is 6.61 Å². The maximum absolute atomic E-state index is 5.53. The van der Waals surface area contributed by atoms with E-state index >= 15 is 0 Å². The Labute approximate surface area is 94.2 Å². The van der Waals surface area contributed by atoms with E-state index in [9.17, 15) is 0 Å². The molecular weight excluding hydrogens is 210 g/mol. The van der Waals surface area contributed by atoms with E-state index in [0.717, 1.165) is 25.4 Å². The van der Waals surface area contributed by atoms with Crippen LogP contribution in [0.1, 0.15) is 31.5 Å². The smallest absolute Gasteiger partial charge is 0.293 e. The summed E-state index contributed by atoms with van der Waals surface area (Å²) in [4.78, 5) is 4.16. The molecule has 0 radical (unpaired) electrons. The molecule has 4 nitrogen and oxygen atoms in total. The molecule has 2 heterocycles. The Kier molecular flexibility index (Phi) is 3.91. The molecule has 1 aromatic rings. The molecule has 5 heteroatoms. The molecule has 15 heavy (non-hydrogen) atoms. The van der Waals surface area contributed by atoms with E-state index < -0.39 is 0 Å². The van der Waals surface area contributed by atoms with Crippen LogP contribution in [0, 0.1) is 6.92 Å². The van der Waals surface area contributed by atoms with Crippen molar-refractivity contribution in [1.82, 2.24) is 14.7 Å². The van der Waals surface area contributed by atoms with E-state index in [4.69, 9.17) is 4.74 Å². The molecule has 0 saturated carbocycles. The molecule has 1 aromatic heterocycles. The lowest BCUT2D eigenvalue weighted by atomic mass is 10.0. The van der Waals surface area contributed by atoms with Gasteiger partial charge in [-0.05, 0) is 32.7 Å². The zero-order valence-electron chi connectivity index (χ0n) is 9.03. The summed E-state index contributed by atoms with van der Waals surface area (Å²) < 4.78 is 9.61. The van der Waals surface area contributed by atoms with Gasteiger partial charge in [0.1, 0.15) is 5.82 Å². The molecule has 0 aliphatic carbocycles. The largest absolute Gasteiger partial charge is 0.469 e. The van der Waals surface area contributed by atoms with Crippen LogP contribution in [-0.2, 0) is 0 Å². The van der Waals surface area contributed by atoms with E-state index in [1.165, 1.54) is 30.8 Å². The number of hydrogen-bond acceptors (Lipinski definition) is 5. The third-order valence-electron chi connectivity index (χ3n) is 2.61. The minimum Gasteiger partial charge on any atom is -0.469 e. The van der Waals surface area contributed by atoms with Crippen molar-refractivity contribution in [1.29, 1.82) is 0 Å². The van der Waals surface area contributed by atoms with Crippen LogP contribution in [0.5, 0.6) is 5.19 Å². The van der Waals surface area contributed by atoms with Gasteiger partial charge in [-0.2, -0.15) is 9.36 Å². The molecular formula is C10H17N3OS. The summed E-state index contributed by atoms with van der Waals surface area (Å²) in [5.41, 5.74) is 0. The predicted octanol–water partition coefficient (Wildman–Crippen LogP) is 1.76.